The van der Waals surface area contributed by atoms with Crippen LogP contribution in [0.3, 0.4) is 0 Å². The second kappa shape index (κ2) is 6.91. The number of halogens is 1. The van der Waals surface area contributed by atoms with E-state index in [0.717, 1.165) is 11.1 Å². The van der Waals surface area contributed by atoms with E-state index in [1.807, 2.05) is 48.5 Å². The van der Waals surface area contributed by atoms with Crippen molar-refractivity contribution in [2.45, 2.75) is 0 Å². The van der Waals surface area contributed by atoms with Crippen LogP contribution in [-0.4, -0.2) is 5.11 Å². The molecule has 3 heteroatoms. The van der Waals surface area contributed by atoms with Crippen LogP contribution in [-0.2, 0) is 0 Å². The van der Waals surface area contributed by atoms with E-state index in [1.54, 1.807) is 6.07 Å². The molecule has 0 saturated heterocycles. The summed E-state index contributed by atoms with van der Waals surface area (Å²) in [5.41, 5.74) is 1.92. The first-order valence-corrected chi connectivity index (χ1v) is 4.21. The minimum absolute atomic E-state index is 0. The molecule has 0 atom stereocenters. The van der Waals surface area contributed by atoms with Gasteiger partial charge in [0, 0.05) is 5.56 Å². The van der Waals surface area contributed by atoms with Gasteiger partial charge in [0.15, 0.2) is 0 Å². The van der Waals surface area contributed by atoms with Crippen LogP contribution in [0.2, 0.25) is 0 Å². The van der Waals surface area contributed by atoms with Crippen LogP contribution >= 0.6 is 12.4 Å². The third-order valence-electron chi connectivity index (χ3n) is 1.99. The Kier molecular flexibility index (Phi) is 6.70. The van der Waals surface area contributed by atoms with Crippen LogP contribution in [0, 0.1) is 0 Å². The van der Waals surface area contributed by atoms with Crippen LogP contribution < -0.4 is 29.6 Å². The van der Waals surface area contributed by atoms with E-state index in [2.05, 4.69) is 0 Å². The van der Waals surface area contributed by atoms with Gasteiger partial charge >= 0.3 is 29.6 Å². The third kappa shape index (κ3) is 3.54. The molecule has 0 aromatic heterocycles. The van der Waals surface area contributed by atoms with Crippen LogP contribution in [0.15, 0.2) is 54.6 Å². The van der Waals surface area contributed by atoms with E-state index in [0.29, 0.717) is 5.75 Å². The van der Waals surface area contributed by atoms with Gasteiger partial charge in [-0.2, -0.15) is 0 Å². The summed E-state index contributed by atoms with van der Waals surface area (Å²) < 4.78 is 0. The molecule has 15 heavy (non-hydrogen) atoms. The van der Waals surface area contributed by atoms with E-state index in [1.165, 1.54) is 0 Å². The van der Waals surface area contributed by atoms with Gasteiger partial charge < -0.3 is 6.53 Å². The van der Waals surface area contributed by atoms with Crippen LogP contribution in [0.1, 0.15) is 1.43 Å². The fourth-order valence-electron chi connectivity index (χ4n) is 1.34. The average molecular weight is 231 g/mol. The molecule has 74 valence electrons. The van der Waals surface area contributed by atoms with Crippen LogP contribution in [0.5, 0.6) is 5.75 Å². The molecule has 0 radical (unpaired) electrons. The van der Waals surface area contributed by atoms with Crippen molar-refractivity contribution >= 4 is 12.4 Å². The molecule has 0 fully saturated rings. The Balaban J connectivity index is 0. The molecule has 1 nitrogen and oxygen atoms in total. The van der Waals surface area contributed by atoms with Crippen molar-refractivity contribution in [3.63, 3.8) is 0 Å². The van der Waals surface area contributed by atoms with Gasteiger partial charge in [0.05, 0.1) is 0 Å². The number of hydrogen-bond donors (Lipinski definition) is 1. The molecule has 0 amide bonds. The van der Waals surface area contributed by atoms with Gasteiger partial charge in [-0.15, -0.1) is 12.4 Å². The Morgan fingerprint density at radius 3 is 1.93 bits per heavy atom. The first kappa shape index (κ1) is 14.5. The second-order valence-electron chi connectivity index (χ2n) is 2.88. The molecule has 2 rings (SSSR count). The first-order valence-electron chi connectivity index (χ1n) is 4.21. The molecule has 1 N–H and O–H groups in total. The van der Waals surface area contributed by atoms with Gasteiger partial charge in [0.25, 0.3) is 0 Å². The fourth-order valence-corrected chi connectivity index (χ4v) is 1.34. The smallest absolute Gasteiger partial charge is 1.00 e. The van der Waals surface area contributed by atoms with Crippen molar-refractivity contribution < 1.29 is 36.1 Å². The molecule has 0 spiro atoms. The van der Waals surface area contributed by atoms with Gasteiger partial charge in [-0.05, 0) is 11.6 Å². The molecule has 0 saturated carbocycles. The minimum atomic E-state index is 0. The molecule has 2 aromatic carbocycles. The number of phenolic OH excluding ortho intramolecular Hbond substituents is 1. The summed E-state index contributed by atoms with van der Waals surface area (Å²) in [4.78, 5) is 0. The molecule has 2 aromatic rings. The zero-order valence-corrected chi connectivity index (χ0v) is 11.4. The van der Waals surface area contributed by atoms with Gasteiger partial charge in [-0.25, -0.2) is 0 Å². The Morgan fingerprint density at radius 2 is 1.33 bits per heavy atom. The largest absolute Gasteiger partial charge is 1.00 e. The SMILES string of the molecule is Cl.Oc1ccccc1-c1ccccc1.[H-].[Na+]. The third-order valence-corrected chi connectivity index (χ3v) is 1.99. The van der Waals surface area contributed by atoms with Crippen molar-refractivity contribution in [1.82, 2.24) is 0 Å². The van der Waals surface area contributed by atoms with Gasteiger partial charge in [-0.3, -0.25) is 0 Å². The Hall–Kier alpha value is -0.470. The molecular weight excluding hydrogens is 219 g/mol. The Bertz CT molecular complexity index is 409. The maximum atomic E-state index is 9.56. The number of para-hydroxylation sites is 1. The summed E-state index contributed by atoms with van der Waals surface area (Å²) in [7, 11) is 0. The topological polar surface area (TPSA) is 20.2 Å². The van der Waals surface area contributed by atoms with Crippen molar-refractivity contribution in [3.05, 3.63) is 54.6 Å². The van der Waals surface area contributed by atoms with Crippen LogP contribution in [0.25, 0.3) is 11.1 Å². The van der Waals surface area contributed by atoms with E-state index in [4.69, 9.17) is 0 Å². The summed E-state index contributed by atoms with van der Waals surface area (Å²) in [5, 5.41) is 9.56. The maximum absolute atomic E-state index is 9.56. The number of phenols is 1. The van der Waals surface area contributed by atoms with E-state index >= 15 is 0 Å². The predicted molar refractivity (Wildman–Crippen MR) is 61.9 cm³/mol. The zero-order chi connectivity index (χ0) is 9.10. The molecule has 0 aliphatic rings. The number of rotatable bonds is 1. The number of benzene rings is 2. The average Bonchev–Trinajstić information content (AvgIpc) is 2.20. The first-order chi connectivity index (χ1) is 6.38. The zero-order valence-electron chi connectivity index (χ0n) is 9.55. The Morgan fingerprint density at radius 1 is 0.800 bits per heavy atom. The summed E-state index contributed by atoms with van der Waals surface area (Å²) in [6.45, 7) is 0. The normalized spacial score (nSPS) is 8.53. The van der Waals surface area contributed by atoms with E-state index in [-0.39, 0.29) is 43.4 Å². The predicted octanol–water partition coefficient (Wildman–Crippen LogP) is 0.598. The van der Waals surface area contributed by atoms with Crippen molar-refractivity contribution in [2.24, 2.45) is 0 Å². The molecule has 0 aliphatic heterocycles. The monoisotopic (exact) mass is 230 g/mol. The standard InChI is InChI=1S/C12H10O.ClH.Na.H/c13-12-9-5-4-8-11(12)10-6-2-1-3-7-10;;;/h1-9,13H;1H;;/q;;+1;-1. The maximum Gasteiger partial charge on any atom is 1.00 e. The molecule has 0 heterocycles. The fraction of sp³-hybridized carbons (Fsp3) is 0. The molecule has 0 bridgehead atoms. The Labute approximate surface area is 119 Å². The van der Waals surface area contributed by atoms with E-state index in [9.17, 15) is 5.11 Å². The summed E-state index contributed by atoms with van der Waals surface area (Å²) in [5.74, 6) is 0.328. The quantitative estimate of drug-likeness (QED) is 0.712. The summed E-state index contributed by atoms with van der Waals surface area (Å²) >= 11 is 0. The van der Waals surface area contributed by atoms with Crippen molar-refractivity contribution in [2.75, 3.05) is 0 Å². The molecule has 0 unspecified atom stereocenters. The number of hydrogen-bond acceptors (Lipinski definition) is 1. The summed E-state index contributed by atoms with van der Waals surface area (Å²) in [6, 6.07) is 17.2. The van der Waals surface area contributed by atoms with Gasteiger partial charge in [-0.1, -0.05) is 48.5 Å². The summed E-state index contributed by atoms with van der Waals surface area (Å²) in [6.07, 6.45) is 0. The van der Waals surface area contributed by atoms with Crippen molar-refractivity contribution in [1.29, 1.82) is 0 Å². The number of aromatic hydroxyl groups is 1. The van der Waals surface area contributed by atoms with E-state index < -0.39 is 0 Å². The molecular formula is C12H12ClNaO. The molecule has 0 aliphatic carbocycles. The van der Waals surface area contributed by atoms with Crippen molar-refractivity contribution in [3.8, 4) is 16.9 Å². The van der Waals surface area contributed by atoms with Gasteiger partial charge in [0.1, 0.15) is 5.75 Å². The van der Waals surface area contributed by atoms with Gasteiger partial charge in [0.2, 0.25) is 0 Å². The second-order valence-corrected chi connectivity index (χ2v) is 2.88. The van der Waals surface area contributed by atoms with Crippen LogP contribution in [0.4, 0.5) is 0 Å². The minimum Gasteiger partial charge on any atom is -1.00 e.